The molecule has 0 aromatic heterocycles. The van der Waals surface area contributed by atoms with E-state index in [1.54, 1.807) is 24.3 Å². The number of benzene rings is 2. The van der Waals surface area contributed by atoms with E-state index in [1.807, 2.05) is 43.3 Å². The monoisotopic (exact) mass is 265 g/mol. The molecule has 0 saturated carbocycles. The minimum Gasteiger partial charge on any atom is -0.457 e. The lowest BCUT2D eigenvalue weighted by Crippen LogP contribution is -2.11. The summed E-state index contributed by atoms with van der Waals surface area (Å²) in [4.78, 5) is 12.0. The number of carbonyl (C=O) groups excluding carboxylic acids is 1. The number of nitriles is 1. The molecule has 1 unspecified atom stereocenters. The number of rotatable bonds is 5. The molecule has 0 aliphatic rings. The largest absolute Gasteiger partial charge is 0.457 e. The van der Waals surface area contributed by atoms with Crippen LogP contribution < -0.4 is 4.74 Å². The van der Waals surface area contributed by atoms with Gasteiger partial charge in [0.05, 0.1) is 6.07 Å². The Balaban J connectivity index is 2.11. The predicted octanol–water partition coefficient (Wildman–Crippen LogP) is 4.21. The first-order valence-corrected chi connectivity index (χ1v) is 6.51. The zero-order valence-corrected chi connectivity index (χ0v) is 11.2. The molecule has 0 fully saturated rings. The molecule has 0 spiro atoms. The van der Waals surface area contributed by atoms with Crippen molar-refractivity contribution in [3.8, 4) is 17.6 Å². The van der Waals surface area contributed by atoms with Gasteiger partial charge < -0.3 is 4.74 Å². The first kappa shape index (κ1) is 13.8. The number of ketones is 1. The summed E-state index contributed by atoms with van der Waals surface area (Å²) in [6.45, 7) is 1.83. The molecule has 0 N–H and O–H groups in total. The van der Waals surface area contributed by atoms with Gasteiger partial charge in [-0.25, -0.2) is 0 Å². The molecule has 1 atom stereocenters. The van der Waals surface area contributed by atoms with Crippen molar-refractivity contribution >= 4 is 5.78 Å². The molecule has 0 heterocycles. The van der Waals surface area contributed by atoms with Crippen LogP contribution in [0.4, 0.5) is 0 Å². The van der Waals surface area contributed by atoms with Crippen LogP contribution in [0.2, 0.25) is 0 Å². The topological polar surface area (TPSA) is 50.1 Å². The summed E-state index contributed by atoms with van der Waals surface area (Å²) in [6, 6.07) is 18.3. The van der Waals surface area contributed by atoms with Crippen molar-refractivity contribution in [3.05, 3.63) is 60.2 Å². The zero-order valence-electron chi connectivity index (χ0n) is 11.2. The number of carbonyl (C=O) groups is 1. The summed E-state index contributed by atoms with van der Waals surface area (Å²) in [5, 5.41) is 8.91. The van der Waals surface area contributed by atoms with Gasteiger partial charge >= 0.3 is 0 Å². The molecule has 0 radical (unpaired) electrons. The van der Waals surface area contributed by atoms with E-state index in [4.69, 9.17) is 10.00 Å². The first-order valence-electron chi connectivity index (χ1n) is 6.51. The number of hydrogen-bond acceptors (Lipinski definition) is 3. The van der Waals surface area contributed by atoms with E-state index in [-0.39, 0.29) is 5.78 Å². The van der Waals surface area contributed by atoms with E-state index >= 15 is 0 Å². The van der Waals surface area contributed by atoms with Gasteiger partial charge in [0.25, 0.3) is 0 Å². The zero-order chi connectivity index (χ0) is 14.4. The van der Waals surface area contributed by atoms with Gasteiger partial charge in [-0.1, -0.05) is 25.1 Å². The van der Waals surface area contributed by atoms with E-state index in [1.165, 1.54) is 0 Å². The highest BCUT2D eigenvalue weighted by Crippen LogP contribution is 2.22. The Morgan fingerprint density at radius 3 is 2.25 bits per heavy atom. The lowest BCUT2D eigenvalue weighted by molar-refractivity contribution is 0.0946. The third-order valence-electron chi connectivity index (χ3n) is 3.00. The summed E-state index contributed by atoms with van der Waals surface area (Å²) < 4.78 is 5.65. The normalized spacial score (nSPS) is 11.4. The fourth-order valence-electron chi connectivity index (χ4n) is 1.85. The van der Waals surface area contributed by atoms with E-state index in [2.05, 4.69) is 0 Å². The molecule has 0 aliphatic heterocycles. The van der Waals surface area contributed by atoms with Crippen LogP contribution in [0.25, 0.3) is 0 Å². The number of ether oxygens (including phenoxy) is 1. The van der Waals surface area contributed by atoms with Crippen molar-refractivity contribution in [1.29, 1.82) is 5.26 Å². The van der Waals surface area contributed by atoms with E-state index in [0.29, 0.717) is 17.7 Å². The average molecular weight is 265 g/mol. The predicted molar refractivity (Wildman–Crippen MR) is 76.7 cm³/mol. The SMILES string of the molecule is CCC(C#N)C(=O)c1ccc(Oc2ccccc2)cc1. The summed E-state index contributed by atoms with van der Waals surface area (Å²) in [5.41, 5.74) is 0.541. The molecular weight excluding hydrogens is 250 g/mol. The minimum absolute atomic E-state index is 0.138. The highest BCUT2D eigenvalue weighted by Gasteiger charge is 2.17. The molecule has 2 aromatic carbocycles. The van der Waals surface area contributed by atoms with Crippen molar-refractivity contribution in [2.45, 2.75) is 13.3 Å². The summed E-state index contributed by atoms with van der Waals surface area (Å²) in [5.74, 6) is 0.699. The Morgan fingerprint density at radius 1 is 1.10 bits per heavy atom. The Bertz CT molecular complexity index is 612. The number of hydrogen-bond donors (Lipinski definition) is 0. The molecule has 100 valence electrons. The maximum atomic E-state index is 12.0. The van der Waals surface area contributed by atoms with Gasteiger partial charge in [-0.3, -0.25) is 4.79 Å². The second kappa shape index (κ2) is 6.53. The first-order chi connectivity index (χ1) is 9.74. The third-order valence-corrected chi connectivity index (χ3v) is 3.00. The molecule has 3 nitrogen and oxygen atoms in total. The summed E-state index contributed by atoms with van der Waals surface area (Å²) in [6.07, 6.45) is 0.525. The second-order valence-electron chi connectivity index (χ2n) is 4.39. The Kier molecular flexibility index (Phi) is 4.52. The van der Waals surface area contributed by atoms with Crippen LogP contribution in [0.3, 0.4) is 0 Å². The van der Waals surface area contributed by atoms with Crippen molar-refractivity contribution < 1.29 is 9.53 Å². The van der Waals surface area contributed by atoms with Crippen LogP contribution in [-0.4, -0.2) is 5.78 Å². The van der Waals surface area contributed by atoms with Gasteiger partial charge in [0, 0.05) is 5.56 Å². The van der Waals surface area contributed by atoms with Gasteiger partial charge in [-0.2, -0.15) is 5.26 Å². The van der Waals surface area contributed by atoms with Crippen molar-refractivity contribution in [3.63, 3.8) is 0 Å². The number of nitrogens with zero attached hydrogens (tertiary/aromatic N) is 1. The minimum atomic E-state index is -0.573. The molecule has 2 aromatic rings. The van der Waals surface area contributed by atoms with Gasteiger partial charge in [-0.05, 0) is 42.8 Å². The van der Waals surface area contributed by atoms with E-state index in [0.717, 1.165) is 5.75 Å². The lowest BCUT2D eigenvalue weighted by Gasteiger charge is -2.08. The Hall–Kier alpha value is -2.60. The van der Waals surface area contributed by atoms with Crippen LogP contribution >= 0.6 is 0 Å². The highest BCUT2D eigenvalue weighted by molar-refractivity contribution is 5.99. The Labute approximate surface area is 118 Å². The molecular formula is C17H15NO2. The van der Waals surface area contributed by atoms with Crippen LogP contribution in [0.5, 0.6) is 11.5 Å². The summed E-state index contributed by atoms with van der Waals surface area (Å²) >= 11 is 0. The number of para-hydroxylation sites is 1. The quantitative estimate of drug-likeness (QED) is 0.761. The highest BCUT2D eigenvalue weighted by atomic mass is 16.5. The average Bonchev–Trinajstić information content (AvgIpc) is 2.50. The smallest absolute Gasteiger partial charge is 0.179 e. The molecule has 0 saturated heterocycles. The van der Waals surface area contributed by atoms with Crippen LogP contribution in [-0.2, 0) is 0 Å². The Morgan fingerprint density at radius 2 is 1.70 bits per heavy atom. The molecule has 2 rings (SSSR count). The van der Waals surface area contributed by atoms with Crippen LogP contribution in [0, 0.1) is 17.2 Å². The van der Waals surface area contributed by atoms with Crippen molar-refractivity contribution in [1.82, 2.24) is 0 Å². The van der Waals surface area contributed by atoms with Crippen LogP contribution in [0.1, 0.15) is 23.7 Å². The van der Waals surface area contributed by atoms with E-state index < -0.39 is 5.92 Å². The molecule has 0 bridgehead atoms. The molecule has 0 aliphatic carbocycles. The van der Waals surface area contributed by atoms with Crippen molar-refractivity contribution in [2.75, 3.05) is 0 Å². The van der Waals surface area contributed by atoms with Gasteiger partial charge in [0.1, 0.15) is 17.4 Å². The van der Waals surface area contributed by atoms with Gasteiger partial charge in [-0.15, -0.1) is 0 Å². The fourth-order valence-corrected chi connectivity index (χ4v) is 1.85. The second-order valence-corrected chi connectivity index (χ2v) is 4.39. The van der Waals surface area contributed by atoms with Crippen molar-refractivity contribution in [2.24, 2.45) is 5.92 Å². The van der Waals surface area contributed by atoms with Crippen LogP contribution in [0.15, 0.2) is 54.6 Å². The molecule has 0 amide bonds. The van der Waals surface area contributed by atoms with Gasteiger partial charge in [0.2, 0.25) is 0 Å². The fraction of sp³-hybridized carbons (Fsp3) is 0.176. The number of Topliss-reactive ketones (excluding diaryl/α,β-unsaturated/α-hetero) is 1. The lowest BCUT2D eigenvalue weighted by atomic mass is 9.97. The maximum Gasteiger partial charge on any atom is 0.179 e. The molecule has 20 heavy (non-hydrogen) atoms. The summed E-state index contributed by atoms with van der Waals surface area (Å²) in [7, 11) is 0. The standard InChI is InChI=1S/C17H15NO2/c1-2-13(12-18)17(19)14-8-10-16(11-9-14)20-15-6-4-3-5-7-15/h3-11,13H,2H2,1H3. The van der Waals surface area contributed by atoms with E-state index in [9.17, 15) is 4.79 Å². The van der Waals surface area contributed by atoms with Gasteiger partial charge in [0.15, 0.2) is 5.78 Å². The third kappa shape index (κ3) is 3.24. The molecule has 3 heteroatoms. The maximum absolute atomic E-state index is 12.0.